The fraction of sp³-hybridized carbons (Fsp3) is 0. The average Bonchev–Trinajstić information content (AvgIpc) is 2.56. The zero-order chi connectivity index (χ0) is 15.4. The van der Waals surface area contributed by atoms with Crippen LogP contribution in [0.2, 0.25) is 0 Å². The second-order valence-electron chi connectivity index (χ2n) is 4.74. The Bertz CT molecular complexity index is 911. The van der Waals surface area contributed by atoms with Gasteiger partial charge >= 0.3 is 0 Å². The Kier molecular flexibility index (Phi) is 3.83. The molecule has 0 spiro atoms. The van der Waals surface area contributed by atoms with Gasteiger partial charge in [-0.25, -0.2) is 0 Å². The highest BCUT2D eigenvalue weighted by Gasteiger charge is 1.96. The van der Waals surface area contributed by atoms with E-state index in [1.165, 1.54) is 6.20 Å². The zero-order valence-electron chi connectivity index (χ0n) is 11.7. The number of fused-ring (bicyclic) bond motifs is 2. The summed E-state index contributed by atoms with van der Waals surface area (Å²) in [6, 6.07) is 18.5. The van der Waals surface area contributed by atoms with E-state index in [9.17, 15) is 5.11 Å². The van der Waals surface area contributed by atoms with Gasteiger partial charge in [-0.05, 0) is 24.3 Å². The van der Waals surface area contributed by atoms with Crippen LogP contribution in [-0.4, -0.2) is 20.2 Å². The van der Waals surface area contributed by atoms with Gasteiger partial charge in [0.2, 0.25) is 0 Å². The molecule has 2 aromatic carbocycles. The van der Waals surface area contributed by atoms with Gasteiger partial charge in [0, 0.05) is 17.0 Å². The molecule has 4 heteroatoms. The van der Waals surface area contributed by atoms with Crippen LogP contribution in [-0.2, 0) is 0 Å². The zero-order valence-corrected chi connectivity index (χ0v) is 11.7. The normalized spacial score (nSPS) is 10.2. The molecule has 0 aliphatic rings. The predicted molar refractivity (Wildman–Crippen MR) is 86.8 cm³/mol. The molecule has 0 aliphatic carbocycles. The lowest BCUT2D eigenvalue weighted by molar-refractivity contribution is 0.474. The molecule has 22 heavy (non-hydrogen) atoms. The van der Waals surface area contributed by atoms with Gasteiger partial charge < -0.3 is 10.2 Å². The summed E-state index contributed by atoms with van der Waals surface area (Å²) in [6.07, 6.45) is 3.12. The van der Waals surface area contributed by atoms with Crippen LogP contribution in [0.5, 0.6) is 11.5 Å². The van der Waals surface area contributed by atoms with E-state index < -0.39 is 0 Å². The molecule has 2 heterocycles. The van der Waals surface area contributed by atoms with Crippen molar-refractivity contribution in [2.75, 3.05) is 0 Å². The van der Waals surface area contributed by atoms with Crippen molar-refractivity contribution in [3.05, 3.63) is 73.1 Å². The number of phenols is 1. The largest absolute Gasteiger partial charge is 0.506 e. The molecule has 4 rings (SSSR count). The molecule has 2 aromatic heterocycles. The first-order valence-corrected chi connectivity index (χ1v) is 6.80. The summed E-state index contributed by atoms with van der Waals surface area (Å²) in [5.41, 5.74) is 1.57. The number of benzene rings is 2. The summed E-state index contributed by atoms with van der Waals surface area (Å²) in [7, 11) is 0. The molecule has 0 fully saturated rings. The van der Waals surface area contributed by atoms with Crippen LogP contribution in [0.3, 0.4) is 0 Å². The van der Waals surface area contributed by atoms with Gasteiger partial charge in [-0.3, -0.25) is 9.97 Å². The minimum Gasteiger partial charge on any atom is -0.506 e. The molecule has 0 saturated carbocycles. The summed E-state index contributed by atoms with van der Waals surface area (Å²) < 4.78 is 0. The van der Waals surface area contributed by atoms with Crippen molar-refractivity contribution in [1.29, 1.82) is 0 Å². The first-order valence-electron chi connectivity index (χ1n) is 6.80. The van der Waals surface area contributed by atoms with E-state index >= 15 is 0 Å². The van der Waals surface area contributed by atoms with Crippen LogP contribution in [0, 0.1) is 0 Å². The SMILES string of the molecule is Oc1cccc2cccnc12.Oc1cnc2ccccc2c1. The third kappa shape index (κ3) is 2.96. The Morgan fingerprint density at radius 3 is 2.36 bits per heavy atom. The fourth-order valence-electron chi connectivity index (χ4n) is 2.15. The molecule has 0 radical (unpaired) electrons. The van der Waals surface area contributed by atoms with Crippen LogP contribution in [0.1, 0.15) is 0 Å². The van der Waals surface area contributed by atoms with Crippen molar-refractivity contribution in [2.24, 2.45) is 0 Å². The highest BCUT2D eigenvalue weighted by molar-refractivity contribution is 5.83. The Hall–Kier alpha value is -3.14. The molecule has 0 amide bonds. The number of hydrogen-bond acceptors (Lipinski definition) is 4. The first-order chi connectivity index (χ1) is 10.7. The number of hydrogen-bond donors (Lipinski definition) is 2. The summed E-state index contributed by atoms with van der Waals surface area (Å²) in [5.74, 6) is 0.451. The third-order valence-electron chi connectivity index (χ3n) is 3.19. The molecule has 0 saturated heterocycles. The second-order valence-corrected chi connectivity index (χ2v) is 4.74. The van der Waals surface area contributed by atoms with Gasteiger partial charge in [-0.1, -0.05) is 36.4 Å². The van der Waals surface area contributed by atoms with Crippen LogP contribution >= 0.6 is 0 Å². The number of para-hydroxylation sites is 2. The molecule has 0 bridgehead atoms. The van der Waals surface area contributed by atoms with E-state index in [1.807, 2.05) is 42.5 Å². The Labute approximate surface area is 127 Å². The van der Waals surface area contributed by atoms with Crippen molar-refractivity contribution in [3.8, 4) is 11.5 Å². The van der Waals surface area contributed by atoms with E-state index in [0.717, 1.165) is 16.3 Å². The molecule has 2 N–H and O–H groups in total. The molecule has 4 nitrogen and oxygen atoms in total. The summed E-state index contributed by atoms with van der Waals surface area (Å²) in [4.78, 5) is 8.06. The third-order valence-corrected chi connectivity index (χ3v) is 3.19. The average molecular weight is 290 g/mol. The van der Waals surface area contributed by atoms with Crippen LogP contribution < -0.4 is 0 Å². The predicted octanol–water partition coefficient (Wildman–Crippen LogP) is 3.88. The van der Waals surface area contributed by atoms with E-state index in [-0.39, 0.29) is 11.5 Å². The lowest BCUT2D eigenvalue weighted by atomic mass is 10.2. The Morgan fingerprint density at radius 2 is 1.50 bits per heavy atom. The van der Waals surface area contributed by atoms with Gasteiger partial charge in [0.05, 0.1) is 11.7 Å². The van der Waals surface area contributed by atoms with Crippen LogP contribution in [0.4, 0.5) is 0 Å². The maximum absolute atomic E-state index is 9.31. The Morgan fingerprint density at radius 1 is 0.727 bits per heavy atom. The number of aromatic hydroxyl groups is 2. The monoisotopic (exact) mass is 290 g/mol. The number of pyridine rings is 2. The standard InChI is InChI=1S/2C9H7NO/c11-8-5-1-3-7-4-2-6-10-9(7)8;11-8-5-7-3-1-2-4-9(7)10-6-8/h2*1-6,11H. The molecule has 0 unspecified atom stereocenters. The highest BCUT2D eigenvalue weighted by atomic mass is 16.3. The van der Waals surface area contributed by atoms with Crippen LogP contribution in [0.15, 0.2) is 73.1 Å². The second kappa shape index (κ2) is 6.10. The first kappa shape index (κ1) is 13.8. The molecule has 0 aliphatic heterocycles. The van der Waals surface area contributed by atoms with Crippen molar-refractivity contribution in [2.45, 2.75) is 0 Å². The van der Waals surface area contributed by atoms with E-state index in [2.05, 4.69) is 9.97 Å². The van der Waals surface area contributed by atoms with Gasteiger partial charge in [0.25, 0.3) is 0 Å². The fourth-order valence-corrected chi connectivity index (χ4v) is 2.15. The number of aromatic nitrogens is 2. The molecule has 4 aromatic rings. The molecular formula is C18H14N2O2. The van der Waals surface area contributed by atoms with Crippen LogP contribution in [0.25, 0.3) is 21.8 Å². The van der Waals surface area contributed by atoms with Crippen molar-refractivity contribution in [1.82, 2.24) is 9.97 Å². The van der Waals surface area contributed by atoms with Gasteiger partial charge in [0.1, 0.15) is 17.0 Å². The van der Waals surface area contributed by atoms with Gasteiger partial charge in [-0.2, -0.15) is 0 Å². The summed E-state index contributed by atoms with van der Waals surface area (Å²) in [6.45, 7) is 0. The van der Waals surface area contributed by atoms with Crippen molar-refractivity contribution >= 4 is 21.8 Å². The number of nitrogens with zero attached hydrogens (tertiary/aromatic N) is 2. The minimum absolute atomic E-state index is 0.212. The Balaban J connectivity index is 0.000000131. The topological polar surface area (TPSA) is 66.2 Å². The van der Waals surface area contributed by atoms with Gasteiger partial charge in [-0.15, -0.1) is 0 Å². The number of rotatable bonds is 0. The summed E-state index contributed by atoms with van der Waals surface area (Å²) in [5, 5.41) is 20.3. The molecule has 108 valence electrons. The van der Waals surface area contributed by atoms with E-state index in [0.29, 0.717) is 5.52 Å². The minimum atomic E-state index is 0.212. The number of phenolic OH excluding ortho intramolecular Hbond substituents is 1. The highest BCUT2D eigenvalue weighted by Crippen LogP contribution is 2.20. The lowest BCUT2D eigenvalue weighted by Gasteiger charge is -1.96. The maximum Gasteiger partial charge on any atom is 0.141 e. The van der Waals surface area contributed by atoms with Crippen molar-refractivity contribution < 1.29 is 10.2 Å². The maximum atomic E-state index is 9.31. The summed E-state index contributed by atoms with van der Waals surface area (Å²) >= 11 is 0. The quantitative estimate of drug-likeness (QED) is 0.516. The molecule has 0 atom stereocenters. The van der Waals surface area contributed by atoms with E-state index in [4.69, 9.17) is 5.11 Å². The smallest absolute Gasteiger partial charge is 0.141 e. The van der Waals surface area contributed by atoms with Crippen molar-refractivity contribution in [3.63, 3.8) is 0 Å². The lowest BCUT2D eigenvalue weighted by Crippen LogP contribution is -1.76. The molecular weight excluding hydrogens is 276 g/mol. The van der Waals surface area contributed by atoms with Gasteiger partial charge in [0.15, 0.2) is 0 Å². The van der Waals surface area contributed by atoms with E-state index in [1.54, 1.807) is 24.4 Å².